The predicted octanol–water partition coefficient (Wildman–Crippen LogP) is 2.48. The number of carbonyl (C=O) groups excluding carboxylic acids is 2. The van der Waals surface area contributed by atoms with Gasteiger partial charge in [0.05, 0.1) is 11.2 Å². The van der Waals surface area contributed by atoms with Gasteiger partial charge in [0.25, 0.3) is 10.1 Å². The lowest BCUT2D eigenvalue weighted by Gasteiger charge is -2.30. The van der Waals surface area contributed by atoms with Gasteiger partial charge in [0.1, 0.15) is 15.1 Å². The zero-order valence-corrected chi connectivity index (χ0v) is 23.8. The zero-order valence-electron chi connectivity index (χ0n) is 23.0. The summed E-state index contributed by atoms with van der Waals surface area (Å²) in [4.78, 5) is 24.9. The molecule has 0 spiro atoms. The summed E-state index contributed by atoms with van der Waals surface area (Å²) >= 11 is 0. The van der Waals surface area contributed by atoms with Crippen LogP contribution in [0, 0.1) is 0 Å². The van der Waals surface area contributed by atoms with Gasteiger partial charge in [-0.15, -0.1) is 0 Å². The van der Waals surface area contributed by atoms with Gasteiger partial charge >= 0.3 is 0 Å². The number of carbonyl (C=O) groups is 2. The van der Waals surface area contributed by atoms with Crippen LogP contribution in [0.15, 0.2) is 0 Å². The molecule has 0 saturated heterocycles. The molecule has 2 unspecified atom stereocenters. The molecule has 0 aliphatic heterocycles. The fourth-order valence-corrected chi connectivity index (χ4v) is 3.47. The summed E-state index contributed by atoms with van der Waals surface area (Å²) in [5, 5.41) is 2.99. The molecule has 0 aromatic carbocycles. The van der Waals surface area contributed by atoms with Crippen LogP contribution in [-0.4, -0.2) is 81.6 Å². The maximum absolute atomic E-state index is 12.6. The molecule has 9 nitrogen and oxygen atoms in total. The standard InChI is InChI=1S/C23H45B2N2O7S/c1-20(2,3)33-15-13-23(8,24)27-19(29)17(35(30,31)32)16-26-18(28)10-11-22(6,7)34-14-12-21(4,5)25-9/h17H,10-16H2,1-9H3,(H,26,28)(H,27,29)(H,30,31,32). The molecule has 0 fully saturated rings. The molecule has 0 rings (SSSR count). The Hall–Kier alpha value is -1.10. The van der Waals surface area contributed by atoms with Gasteiger partial charge in [0, 0.05) is 26.2 Å². The van der Waals surface area contributed by atoms with Gasteiger partial charge in [-0.2, -0.15) is 8.42 Å². The van der Waals surface area contributed by atoms with Crippen molar-refractivity contribution in [1.29, 1.82) is 0 Å². The zero-order chi connectivity index (χ0) is 27.7. The fraction of sp³-hybridized carbons (Fsp3) is 0.913. The maximum Gasteiger partial charge on any atom is 0.278 e. The Kier molecular flexibility index (Phi) is 13.0. The van der Waals surface area contributed by atoms with E-state index in [1.165, 1.54) is 6.92 Å². The van der Waals surface area contributed by atoms with E-state index in [0.29, 0.717) is 13.0 Å². The third-order valence-electron chi connectivity index (χ3n) is 5.68. The van der Waals surface area contributed by atoms with Gasteiger partial charge in [0.2, 0.25) is 11.8 Å². The van der Waals surface area contributed by atoms with Crippen molar-refractivity contribution in [1.82, 2.24) is 10.6 Å². The van der Waals surface area contributed by atoms with Crippen LogP contribution in [0.4, 0.5) is 0 Å². The van der Waals surface area contributed by atoms with Crippen molar-refractivity contribution in [2.75, 3.05) is 19.8 Å². The first-order chi connectivity index (χ1) is 15.6. The molecule has 3 N–H and O–H groups in total. The molecule has 12 heteroatoms. The molecule has 0 aliphatic rings. The second-order valence-electron chi connectivity index (χ2n) is 11.6. The van der Waals surface area contributed by atoms with Gasteiger partial charge in [-0.3, -0.25) is 14.1 Å². The molecule has 0 saturated carbocycles. The van der Waals surface area contributed by atoms with Crippen LogP contribution in [0.25, 0.3) is 0 Å². The molecule has 0 bridgehead atoms. The molecule has 201 valence electrons. The van der Waals surface area contributed by atoms with Crippen molar-refractivity contribution in [2.45, 2.75) is 115 Å². The average molecular weight is 515 g/mol. The third kappa shape index (κ3) is 16.3. The van der Waals surface area contributed by atoms with Crippen molar-refractivity contribution >= 4 is 37.1 Å². The van der Waals surface area contributed by atoms with Gasteiger partial charge in [0.15, 0.2) is 5.25 Å². The molecule has 35 heavy (non-hydrogen) atoms. The Bertz CT molecular complexity index is 794. The summed E-state index contributed by atoms with van der Waals surface area (Å²) < 4.78 is 44.7. The average Bonchev–Trinajstić information content (AvgIpc) is 2.63. The van der Waals surface area contributed by atoms with Crippen molar-refractivity contribution < 1.29 is 32.0 Å². The highest BCUT2D eigenvalue weighted by atomic mass is 32.2. The van der Waals surface area contributed by atoms with Crippen LogP contribution in [-0.2, 0) is 29.2 Å². The van der Waals surface area contributed by atoms with E-state index in [4.69, 9.17) is 17.3 Å². The van der Waals surface area contributed by atoms with Crippen LogP contribution in [0.5, 0.6) is 0 Å². The number of ether oxygens (including phenoxy) is 2. The molecule has 0 aromatic rings. The van der Waals surface area contributed by atoms with Crippen LogP contribution in [0.2, 0.25) is 12.1 Å². The predicted molar refractivity (Wildman–Crippen MR) is 141 cm³/mol. The van der Waals surface area contributed by atoms with E-state index >= 15 is 0 Å². The van der Waals surface area contributed by atoms with Gasteiger partial charge in [-0.25, -0.2) is 0 Å². The minimum atomic E-state index is -4.79. The van der Waals surface area contributed by atoms with E-state index in [1.807, 2.05) is 41.4 Å². The summed E-state index contributed by atoms with van der Waals surface area (Å²) in [6.45, 7) is 17.3. The van der Waals surface area contributed by atoms with Gasteiger partial charge in [-0.05, 0) is 59.3 Å². The maximum atomic E-state index is 12.6. The molecule has 0 aliphatic carbocycles. The van der Waals surface area contributed by atoms with Crippen LogP contribution < -0.4 is 10.6 Å². The second kappa shape index (κ2) is 13.4. The van der Waals surface area contributed by atoms with Crippen molar-refractivity contribution in [3.05, 3.63) is 0 Å². The lowest BCUT2D eigenvalue weighted by Crippen LogP contribution is -2.55. The Labute approximate surface area is 214 Å². The van der Waals surface area contributed by atoms with E-state index in [0.717, 1.165) is 6.42 Å². The van der Waals surface area contributed by atoms with Crippen LogP contribution in [0.3, 0.4) is 0 Å². The number of nitrogens with one attached hydrogen (secondary N) is 2. The summed E-state index contributed by atoms with van der Waals surface area (Å²) in [6, 6.07) is 0. The Balaban J connectivity index is 4.80. The van der Waals surface area contributed by atoms with Crippen molar-refractivity contribution in [3.8, 4) is 0 Å². The Morgan fingerprint density at radius 2 is 1.51 bits per heavy atom. The molecule has 3 radical (unpaired) electrons. The number of amides is 2. The Morgan fingerprint density at radius 3 is 2.00 bits per heavy atom. The van der Waals surface area contributed by atoms with Gasteiger partial charge < -0.3 is 20.1 Å². The topological polar surface area (TPSA) is 131 Å². The third-order valence-corrected chi connectivity index (χ3v) is 6.78. The minimum Gasteiger partial charge on any atom is -0.376 e. The highest BCUT2D eigenvalue weighted by molar-refractivity contribution is 7.87. The molecular weight excluding hydrogens is 470 g/mol. The molecule has 0 heterocycles. The van der Waals surface area contributed by atoms with Crippen LogP contribution >= 0.6 is 0 Å². The first-order valence-electron chi connectivity index (χ1n) is 12.0. The lowest BCUT2D eigenvalue weighted by molar-refractivity contribution is -0.123. The van der Waals surface area contributed by atoms with Crippen molar-refractivity contribution in [3.63, 3.8) is 0 Å². The highest BCUT2D eigenvalue weighted by Crippen LogP contribution is 2.28. The van der Waals surface area contributed by atoms with E-state index in [9.17, 15) is 22.6 Å². The molecular formula is C23H45B2N2O7S. The number of rotatable bonds is 16. The van der Waals surface area contributed by atoms with E-state index in [2.05, 4.69) is 31.8 Å². The van der Waals surface area contributed by atoms with Gasteiger partial charge in [-0.1, -0.05) is 32.9 Å². The highest BCUT2D eigenvalue weighted by Gasteiger charge is 2.34. The SMILES string of the molecule is [B]C(C)(CCOC(C)(C)C)NC(=O)C(CNC(=O)CCC(C)(C)OCCC(C)(C)[B]C)S(=O)(=O)O. The first-order valence-corrected chi connectivity index (χ1v) is 13.5. The normalized spacial score (nSPS) is 15.7. The van der Waals surface area contributed by atoms with E-state index in [-0.39, 0.29) is 24.8 Å². The van der Waals surface area contributed by atoms with E-state index < -0.39 is 50.4 Å². The Morgan fingerprint density at radius 1 is 0.971 bits per heavy atom. The summed E-state index contributed by atoms with van der Waals surface area (Å²) in [5.74, 6) is -1.47. The van der Waals surface area contributed by atoms with E-state index in [1.54, 1.807) is 0 Å². The number of hydrogen-bond acceptors (Lipinski definition) is 6. The largest absolute Gasteiger partial charge is 0.376 e. The summed E-state index contributed by atoms with van der Waals surface area (Å²) in [6.07, 6.45) is 1.51. The lowest BCUT2D eigenvalue weighted by atomic mass is 9.55. The molecule has 0 aromatic heterocycles. The fourth-order valence-electron chi connectivity index (χ4n) is 2.84. The second-order valence-corrected chi connectivity index (χ2v) is 13.2. The summed E-state index contributed by atoms with van der Waals surface area (Å²) in [7, 11) is 3.39. The first kappa shape index (κ1) is 33.9. The van der Waals surface area contributed by atoms with Crippen molar-refractivity contribution in [2.24, 2.45) is 0 Å². The number of hydrogen-bond donors (Lipinski definition) is 3. The summed E-state index contributed by atoms with van der Waals surface area (Å²) in [5.41, 5.74) is -2.23. The molecule has 2 atom stereocenters. The monoisotopic (exact) mass is 515 g/mol. The molecule has 2 amide bonds. The quantitative estimate of drug-likeness (QED) is 0.213. The minimum absolute atomic E-state index is 0.0536. The smallest absolute Gasteiger partial charge is 0.278 e. The van der Waals surface area contributed by atoms with Crippen LogP contribution in [0.1, 0.15) is 81.1 Å².